The fourth-order valence-electron chi connectivity index (χ4n) is 2.73. The van der Waals surface area contributed by atoms with Gasteiger partial charge in [0.05, 0.1) is 0 Å². The van der Waals surface area contributed by atoms with Gasteiger partial charge in [0, 0.05) is 28.9 Å². The van der Waals surface area contributed by atoms with Crippen LogP contribution < -0.4 is 10.2 Å². The van der Waals surface area contributed by atoms with Crippen LogP contribution in [-0.4, -0.2) is 13.6 Å². The molecule has 1 heterocycles. The molecule has 0 atom stereocenters. The molecule has 3 rings (SSSR count). The van der Waals surface area contributed by atoms with Gasteiger partial charge in [-0.1, -0.05) is 28.1 Å². The van der Waals surface area contributed by atoms with Gasteiger partial charge in [0.15, 0.2) is 0 Å². The van der Waals surface area contributed by atoms with Crippen LogP contribution in [0.5, 0.6) is 0 Å². The number of nitrogens with one attached hydrogen (secondary N) is 1. The van der Waals surface area contributed by atoms with Crippen LogP contribution in [0.4, 0.5) is 15.8 Å². The number of nitrogens with zero attached hydrogens (tertiary/aromatic N) is 1. The summed E-state index contributed by atoms with van der Waals surface area (Å²) < 4.78 is 14.6. The molecule has 2 aromatic rings. The van der Waals surface area contributed by atoms with Crippen LogP contribution in [0.3, 0.4) is 0 Å². The van der Waals surface area contributed by atoms with E-state index in [1.165, 1.54) is 17.2 Å². The van der Waals surface area contributed by atoms with Gasteiger partial charge in [-0.25, -0.2) is 4.39 Å². The topological polar surface area (TPSA) is 15.3 Å². The van der Waals surface area contributed by atoms with Crippen molar-refractivity contribution in [2.24, 2.45) is 0 Å². The summed E-state index contributed by atoms with van der Waals surface area (Å²) in [5, 5.41) is 3.19. The van der Waals surface area contributed by atoms with Gasteiger partial charge >= 0.3 is 0 Å². The number of rotatable bonds is 3. The van der Waals surface area contributed by atoms with Gasteiger partial charge in [-0.15, -0.1) is 0 Å². The fourth-order valence-corrected chi connectivity index (χ4v) is 3.08. The molecule has 0 saturated heterocycles. The van der Waals surface area contributed by atoms with E-state index >= 15 is 0 Å². The normalized spacial score (nSPS) is 13.7. The highest BCUT2D eigenvalue weighted by atomic mass is 79.9. The van der Waals surface area contributed by atoms with E-state index < -0.39 is 0 Å². The first-order valence-corrected chi connectivity index (χ1v) is 7.47. The molecule has 104 valence electrons. The predicted molar refractivity (Wildman–Crippen MR) is 84.0 cm³/mol. The van der Waals surface area contributed by atoms with Gasteiger partial charge in [-0.05, 0) is 48.9 Å². The van der Waals surface area contributed by atoms with Crippen molar-refractivity contribution in [2.45, 2.75) is 13.0 Å². The molecule has 1 aliphatic rings. The summed E-state index contributed by atoms with van der Waals surface area (Å²) in [4.78, 5) is 2.20. The van der Waals surface area contributed by atoms with E-state index in [1.807, 2.05) is 19.2 Å². The molecule has 0 spiro atoms. The molecule has 2 nitrogen and oxygen atoms in total. The summed E-state index contributed by atoms with van der Waals surface area (Å²) in [5.41, 5.74) is 4.55. The number of anilines is 2. The summed E-state index contributed by atoms with van der Waals surface area (Å²) in [5.74, 6) is -0.180. The molecule has 0 unspecified atom stereocenters. The van der Waals surface area contributed by atoms with Crippen molar-refractivity contribution in [1.82, 2.24) is 5.32 Å². The van der Waals surface area contributed by atoms with Crippen LogP contribution in [0.15, 0.2) is 40.9 Å². The number of benzene rings is 2. The van der Waals surface area contributed by atoms with E-state index in [4.69, 9.17) is 0 Å². The minimum absolute atomic E-state index is 0.180. The van der Waals surface area contributed by atoms with Crippen molar-refractivity contribution in [3.63, 3.8) is 0 Å². The lowest BCUT2D eigenvalue weighted by atomic mass is 10.1. The van der Waals surface area contributed by atoms with Gasteiger partial charge in [-0.2, -0.15) is 0 Å². The molecule has 0 amide bonds. The summed E-state index contributed by atoms with van der Waals surface area (Å²) >= 11 is 3.53. The monoisotopic (exact) mass is 334 g/mol. The minimum Gasteiger partial charge on any atom is -0.341 e. The lowest BCUT2D eigenvalue weighted by Gasteiger charge is -2.23. The Morgan fingerprint density at radius 1 is 1.20 bits per heavy atom. The van der Waals surface area contributed by atoms with Crippen molar-refractivity contribution in [1.29, 1.82) is 0 Å². The molecule has 20 heavy (non-hydrogen) atoms. The van der Waals surface area contributed by atoms with E-state index in [0.29, 0.717) is 0 Å². The molecule has 1 N–H and O–H groups in total. The zero-order valence-corrected chi connectivity index (χ0v) is 12.9. The van der Waals surface area contributed by atoms with E-state index in [2.05, 4.69) is 38.3 Å². The van der Waals surface area contributed by atoms with Crippen molar-refractivity contribution < 1.29 is 4.39 Å². The second-order valence-electron chi connectivity index (χ2n) is 4.98. The highest BCUT2D eigenvalue weighted by Gasteiger charge is 2.22. The Morgan fingerprint density at radius 3 is 2.85 bits per heavy atom. The fraction of sp³-hybridized carbons (Fsp3) is 0.250. The van der Waals surface area contributed by atoms with Gasteiger partial charge in [-0.3, -0.25) is 0 Å². The third kappa shape index (κ3) is 2.45. The summed E-state index contributed by atoms with van der Waals surface area (Å²) in [6, 6.07) is 11.3. The van der Waals surface area contributed by atoms with Gasteiger partial charge in [0.2, 0.25) is 0 Å². The maximum Gasteiger partial charge on any atom is 0.125 e. The number of halogens is 2. The van der Waals surface area contributed by atoms with Crippen molar-refractivity contribution >= 4 is 27.3 Å². The summed E-state index contributed by atoms with van der Waals surface area (Å²) in [6.07, 6.45) is 0.959. The average molecular weight is 335 g/mol. The van der Waals surface area contributed by atoms with Crippen LogP contribution in [0.1, 0.15) is 11.1 Å². The maximum absolute atomic E-state index is 13.5. The molecule has 0 aromatic heterocycles. The second kappa shape index (κ2) is 5.54. The zero-order chi connectivity index (χ0) is 14.1. The second-order valence-corrected chi connectivity index (χ2v) is 5.89. The molecular weight excluding hydrogens is 319 g/mol. The van der Waals surface area contributed by atoms with E-state index in [0.717, 1.165) is 35.4 Å². The minimum atomic E-state index is -0.180. The molecule has 0 aliphatic carbocycles. The molecule has 1 aliphatic heterocycles. The lowest BCUT2D eigenvalue weighted by molar-refractivity contribution is 0.628. The van der Waals surface area contributed by atoms with Gasteiger partial charge in [0.1, 0.15) is 5.82 Å². The van der Waals surface area contributed by atoms with E-state index in [1.54, 1.807) is 6.07 Å². The third-order valence-electron chi connectivity index (χ3n) is 3.65. The average Bonchev–Trinajstić information content (AvgIpc) is 2.84. The highest BCUT2D eigenvalue weighted by Crippen LogP contribution is 2.37. The number of hydrogen-bond donors (Lipinski definition) is 1. The first-order chi connectivity index (χ1) is 9.69. The Balaban J connectivity index is 2.07. The molecule has 0 bridgehead atoms. The number of fused-ring (bicyclic) bond motifs is 1. The Morgan fingerprint density at radius 2 is 2.05 bits per heavy atom. The Labute approximate surface area is 126 Å². The molecule has 2 aromatic carbocycles. The summed E-state index contributed by atoms with van der Waals surface area (Å²) in [7, 11) is 1.93. The molecule has 4 heteroatoms. The SMILES string of the molecule is CNCc1ccc(Br)cc1N1CCc2ccc(F)cc21. The van der Waals surface area contributed by atoms with E-state index in [-0.39, 0.29) is 5.82 Å². The maximum atomic E-state index is 13.5. The van der Waals surface area contributed by atoms with Crippen molar-refractivity contribution in [3.05, 3.63) is 57.8 Å². The predicted octanol–water partition coefficient (Wildman–Crippen LogP) is 4.00. The first kappa shape index (κ1) is 13.6. The van der Waals surface area contributed by atoms with Crippen molar-refractivity contribution in [3.8, 4) is 0 Å². The standard InChI is InChI=1S/C16H16BrFN2/c1-19-10-12-2-4-13(17)8-15(12)20-7-6-11-3-5-14(18)9-16(11)20/h2-5,8-9,19H,6-7,10H2,1H3. The van der Waals surface area contributed by atoms with Crippen molar-refractivity contribution in [2.75, 3.05) is 18.5 Å². The summed E-state index contributed by atoms with van der Waals surface area (Å²) in [6.45, 7) is 1.69. The largest absolute Gasteiger partial charge is 0.341 e. The van der Waals surface area contributed by atoms with Crippen LogP contribution in [0.25, 0.3) is 0 Å². The van der Waals surface area contributed by atoms with Crippen LogP contribution in [0, 0.1) is 5.82 Å². The highest BCUT2D eigenvalue weighted by molar-refractivity contribution is 9.10. The first-order valence-electron chi connectivity index (χ1n) is 6.68. The number of hydrogen-bond acceptors (Lipinski definition) is 2. The quantitative estimate of drug-likeness (QED) is 0.912. The Bertz CT molecular complexity index is 642. The van der Waals surface area contributed by atoms with Crippen LogP contribution in [0.2, 0.25) is 0 Å². The Hall–Kier alpha value is -1.39. The molecular formula is C16H16BrFN2. The van der Waals surface area contributed by atoms with Crippen LogP contribution in [-0.2, 0) is 13.0 Å². The van der Waals surface area contributed by atoms with Crippen LogP contribution >= 0.6 is 15.9 Å². The molecule has 0 saturated carbocycles. The van der Waals surface area contributed by atoms with E-state index in [9.17, 15) is 4.39 Å². The lowest BCUT2D eigenvalue weighted by Crippen LogP contribution is -2.17. The smallest absolute Gasteiger partial charge is 0.125 e. The third-order valence-corrected chi connectivity index (χ3v) is 4.14. The zero-order valence-electron chi connectivity index (χ0n) is 11.3. The van der Waals surface area contributed by atoms with Gasteiger partial charge in [0.25, 0.3) is 0 Å². The molecule has 0 fully saturated rings. The molecule has 0 radical (unpaired) electrons. The Kier molecular flexibility index (Phi) is 3.76. The van der Waals surface area contributed by atoms with Gasteiger partial charge < -0.3 is 10.2 Å².